The molecule has 3 N–H and O–H groups in total. The lowest BCUT2D eigenvalue weighted by molar-refractivity contribution is -0.385. The number of nitrogens with one attached hydrogen (secondary N) is 1. The highest BCUT2D eigenvalue weighted by Crippen LogP contribution is 2.18. The van der Waals surface area contributed by atoms with Crippen molar-refractivity contribution in [3.8, 4) is 0 Å². The number of aromatic nitrogens is 1. The molecule has 0 aliphatic heterocycles. The average Bonchev–Trinajstić information content (AvgIpc) is 2.33. The molecular weight excluding hydrogens is 248 g/mol. The van der Waals surface area contributed by atoms with Crippen molar-refractivity contribution < 1.29 is 9.66 Å². The Morgan fingerprint density at radius 1 is 1.58 bits per heavy atom. The summed E-state index contributed by atoms with van der Waals surface area (Å²) in [6.45, 7) is 6.47. The minimum absolute atomic E-state index is 0.0133. The van der Waals surface area contributed by atoms with Gasteiger partial charge in [-0.15, -0.1) is 0 Å². The molecule has 0 saturated carbocycles. The summed E-state index contributed by atoms with van der Waals surface area (Å²) in [6, 6.07) is 1.64. The predicted octanol–water partition coefficient (Wildman–Crippen LogP) is 1.46. The van der Waals surface area contributed by atoms with Gasteiger partial charge < -0.3 is 15.8 Å². The normalized spacial score (nSPS) is 12.5. The van der Waals surface area contributed by atoms with E-state index in [0.717, 1.165) is 0 Å². The van der Waals surface area contributed by atoms with E-state index in [9.17, 15) is 10.1 Å². The van der Waals surface area contributed by atoms with Crippen molar-refractivity contribution in [3.63, 3.8) is 0 Å². The summed E-state index contributed by atoms with van der Waals surface area (Å²) < 4.78 is 5.59. The largest absolute Gasteiger partial charge is 0.372 e. The summed E-state index contributed by atoms with van der Waals surface area (Å²) in [5, 5.41) is 13.7. The van der Waals surface area contributed by atoms with Gasteiger partial charge >= 0.3 is 0 Å². The smallest absolute Gasteiger partial charge is 0.290 e. The molecule has 106 valence electrons. The third-order valence-electron chi connectivity index (χ3n) is 2.52. The van der Waals surface area contributed by atoms with E-state index in [1.807, 2.05) is 13.8 Å². The highest BCUT2D eigenvalue weighted by molar-refractivity contribution is 5.46. The van der Waals surface area contributed by atoms with Crippen LogP contribution in [0.3, 0.4) is 0 Å². The summed E-state index contributed by atoms with van der Waals surface area (Å²) in [5.41, 5.74) is 6.18. The molecule has 7 heteroatoms. The zero-order chi connectivity index (χ0) is 14.4. The van der Waals surface area contributed by atoms with Gasteiger partial charge in [-0.1, -0.05) is 0 Å². The summed E-state index contributed by atoms with van der Waals surface area (Å²) in [5.74, 6) is 0.578. The van der Waals surface area contributed by atoms with E-state index in [4.69, 9.17) is 10.5 Å². The molecule has 0 fully saturated rings. The zero-order valence-corrected chi connectivity index (χ0v) is 11.4. The van der Waals surface area contributed by atoms with E-state index in [-0.39, 0.29) is 17.9 Å². The fourth-order valence-electron chi connectivity index (χ4n) is 1.63. The zero-order valence-electron chi connectivity index (χ0n) is 11.4. The van der Waals surface area contributed by atoms with Crippen LogP contribution in [0.5, 0.6) is 0 Å². The van der Waals surface area contributed by atoms with Gasteiger partial charge in [-0.2, -0.15) is 0 Å². The van der Waals surface area contributed by atoms with Crippen LogP contribution in [0, 0.1) is 17.0 Å². The monoisotopic (exact) mass is 268 g/mol. The van der Waals surface area contributed by atoms with Crippen LogP contribution in [0.15, 0.2) is 12.3 Å². The summed E-state index contributed by atoms with van der Waals surface area (Å²) in [4.78, 5) is 14.2. The van der Waals surface area contributed by atoms with Crippen molar-refractivity contribution in [3.05, 3.63) is 27.9 Å². The van der Waals surface area contributed by atoms with Crippen LogP contribution in [0.2, 0.25) is 0 Å². The van der Waals surface area contributed by atoms with E-state index in [1.54, 1.807) is 13.0 Å². The van der Waals surface area contributed by atoms with Gasteiger partial charge in [-0.25, -0.2) is 4.98 Å². The first-order valence-electron chi connectivity index (χ1n) is 6.14. The summed E-state index contributed by atoms with van der Waals surface area (Å²) in [6.07, 6.45) is 1.23. The first-order chi connectivity index (χ1) is 8.93. The minimum atomic E-state index is -0.448. The minimum Gasteiger partial charge on any atom is -0.372 e. The summed E-state index contributed by atoms with van der Waals surface area (Å²) >= 11 is 0. The van der Waals surface area contributed by atoms with Gasteiger partial charge in [0.25, 0.3) is 5.69 Å². The van der Waals surface area contributed by atoms with Crippen molar-refractivity contribution >= 4 is 11.5 Å². The maximum atomic E-state index is 10.7. The molecule has 19 heavy (non-hydrogen) atoms. The molecule has 1 atom stereocenters. The van der Waals surface area contributed by atoms with Gasteiger partial charge in [-0.3, -0.25) is 10.1 Å². The molecule has 0 bridgehead atoms. The quantitative estimate of drug-likeness (QED) is 0.573. The number of hydrogen-bond donors (Lipinski definition) is 2. The SMILES string of the molecule is Cc1cc(NCC(CN)OC(C)C)ncc1[N+](=O)[O-]. The average molecular weight is 268 g/mol. The number of nitrogens with zero attached hydrogens (tertiary/aromatic N) is 2. The number of anilines is 1. The number of hydrogen-bond acceptors (Lipinski definition) is 6. The molecule has 1 unspecified atom stereocenters. The molecule has 1 aromatic heterocycles. The Labute approximate surface area is 112 Å². The van der Waals surface area contributed by atoms with Crippen LogP contribution in [0.4, 0.5) is 11.5 Å². The molecule has 7 nitrogen and oxygen atoms in total. The highest BCUT2D eigenvalue weighted by Gasteiger charge is 2.13. The number of aryl methyl sites for hydroxylation is 1. The third-order valence-corrected chi connectivity index (χ3v) is 2.52. The second-order valence-corrected chi connectivity index (χ2v) is 4.54. The first-order valence-corrected chi connectivity index (χ1v) is 6.14. The molecule has 1 heterocycles. The van der Waals surface area contributed by atoms with Gasteiger partial charge in [0.15, 0.2) is 0 Å². The van der Waals surface area contributed by atoms with Crippen molar-refractivity contribution in [2.24, 2.45) is 5.73 Å². The topological polar surface area (TPSA) is 103 Å². The van der Waals surface area contributed by atoms with Crippen molar-refractivity contribution in [2.75, 3.05) is 18.4 Å². The van der Waals surface area contributed by atoms with Crippen LogP contribution < -0.4 is 11.1 Å². The standard InChI is InChI=1S/C12H20N4O3/c1-8(2)19-10(5-13)6-14-12-4-9(3)11(7-15-12)16(17)18/h4,7-8,10H,5-6,13H2,1-3H3,(H,14,15). The van der Waals surface area contributed by atoms with Crippen LogP contribution in [-0.2, 0) is 4.74 Å². The van der Waals surface area contributed by atoms with Gasteiger partial charge in [-0.05, 0) is 26.8 Å². The van der Waals surface area contributed by atoms with Crippen LogP contribution in [-0.4, -0.2) is 35.2 Å². The predicted molar refractivity (Wildman–Crippen MR) is 73.2 cm³/mol. The number of rotatable bonds is 7. The van der Waals surface area contributed by atoms with E-state index in [1.165, 1.54) is 6.20 Å². The molecule has 0 amide bonds. The Bertz CT molecular complexity index is 437. The lowest BCUT2D eigenvalue weighted by atomic mass is 10.2. The van der Waals surface area contributed by atoms with Crippen LogP contribution in [0.1, 0.15) is 19.4 Å². The fourth-order valence-corrected chi connectivity index (χ4v) is 1.63. The lowest BCUT2D eigenvalue weighted by Crippen LogP contribution is -2.33. The first kappa shape index (κ1) is 15.3. The molecule has 0 radical (unpaired) electrons. The van der Waals surface area contributed by atoms with E-state index in [2.05, 4.69) is 10.3 Å². The molecule has 1 aromatic rings. The second kappa shape index (κ2) is 7.01. The van der Waals surface area contributed by atoms with Gasteiger partial charge in [0, 0.05) is 18.7 Å². The molecule has 0 spiro atoms. The Morgan fingerprint density at radius 2 is 2.26 bits per heavy atom. The third kappa shape index (κ3) is 4.80. The van der Waals surface area contributed by atoms with Crippen LogP contribution in [0.25, 0.3) is 0 Å². The molecule has 0 aliphatic rings. The highest BCUT2D eigenvalue weighted by atomic mass is 16.6. The maximum Gasteiger partial charge on any atom is 0.290 e. The van der Waals surface area contributed by atoms with Crippen molar-refractivity contribution in [1.29, 1.82) is 0 Å². The number of nitro groups is 1. The van der Waals surface area contributed by atoms with E-state index < -0.39 is 4.92 Å². The number of ether oxygens (including phenoxy) is 1. The molecule has 0 saturated heterocycles. The fraction of sp³-hybridized carbons (Fsp3) is 0.583. The van der Waals surface area contributed by atoms with Gasteiger partial charge in [0.05, 0.1) is 17.1 Å². The number of nitrogens with two attached hydrogens (primary N) is 1. The van der Waals surface area contributed by atoms with E-state index >= 15 is 0 Å². The lowest BCUT2D eigenvalue weighted by Gasteiger charge is -2.19. The molecule has 0 aromatic carbocycles. The molecule has 1 rings (SSSR count). The van der Waals surface area contributed by atoms with Crippen molar-refractivity contribution in [2.45, 2.75) is 33.0 Å². The molecular formula is C12H20N4O3. The molecule has 0 aliphatic carbocycles. The van der Waals surface area contributed by atoms with Gasteiger partial charge in [0.1, 0.15) is 12.0 Å². The number of pyridine rings is 1. The Morgan fingerprint density at radius 3 is 2.74 bits per heavy atom. The Kier molecular flexibility index (Phi) is 5.65. The Balaban J connectivity index is 2.62. The Hall–Kier alpha value is -1.73. The van der Waals surface area contributed by atoms with Crippen molar-refractivity contribution in [1.82, 2.24) is 4.98 Å². The summed E-state index contributed by atoms with van der Waals surface area (Å²) in [7, 11) is 0. The van der Waals surface area contributed by atoms with Gasteiger partial charge in [0.2, 0.25) is 0 Å². The van der Waals surface area contributed by atoms with Crippen LogP contribution >= 0.6 is 0 Å². The maximum absolute atomic E-state index is 10.7. The second-order valence-electron chi connectivity index (χ2n) is 4.54. The van der Waals surface area contributed by atoms with E-state index in [0.29, 0.717) is 24.5 Å².